The number of carbonyl (C=O) groups is 1. The van der Waals surface area contributed by atoms with Crippen molar-refractivity contribution in [1.82, 2.24) is 10.6 Å². The third-order valence-corrected chi connectivity index (χ3v) is 3.14. The molecule has 1 aromatic rings. The first-order valence-corrected chi connectivity index (χ1v) is 6.37. The van der Waals surface area contributed by atoms with Gasteiger partial charge in [-0.1, -0.05) is 0 Å². The molecule has 1 heterocycles. The monoisotopic (exact) mass is 302 g/mol. The van der Waals surface area contributed by atoms with Crippen molar-refractivity contribution >= 4 is 21.8 Å². The maximum absolute atomic E-state index is 11.6. The summed E-state index contributed by atoms with van der Waals surface area (Å²) in [5.41, 5.74) is -0.438. The van der Waals surface area contributed by atoms with Gasteiger partial charge in [0.05, 0.1) is 11.5 Å². The van der Waals surface area contributed by atoms with E-state index in [9.17, 15) is 4.79 Å². The summed E-state index contributed by atoms with van der Waals surface area (Å²) in [7, 11) is 1.65. The second kappa shape index (κ2) is 5.69. The van der Waals surface area contributed by atoms with E-state index >= 15 is 0 Å². The zero-order valence-corrected chi connectivity index (χ0v) is 12.2. The van der Waals surface area contributed by atoms with Crippen LogP contribution in [0.15, 0.2) is 21.2 Å². The van der Waals surface area contributed by atoms with Crippen molar-refractivity contribution in [2.45, 2.75) is 26.8 Å². The second-order valence-electron chi connectivity index (χ2n) is 4.71. The highest BCUT2D eigenvalue weighted by Gasteiger charge is 2.27. The lowest BCUT2D eigenvalue weighted by molar-refractivity contribution is -0.128. The number of hydrogen-bond donors (Lipinski definition) is 2. The summed E-state index contributed by atoms with van der Waals surface area (Å²) < 4.78 is 6.17. The summed E-state index contributed by atoms with van der Waals surface area (Å²) in [4.78, 5) is 11.6. The summed E-state index contributed by atoms with van der Waals surface area (Å²) >= 11 is 3.27. The maximum atomic E-state index is 11.6. The molecule has 0 aliphatic carbocycles. The SMILES string of the molecule is CNC(=O)C(C)(C)CNC(C)c1ccc(Br)o1. The fraction of sp³-hybridized carbons (Fsp3) is 0.583. The molecule has 1 atom stereocenters. The standard InChI is InChI=1S/C12H19BrN2O2/c1-8(9-5-6-10(13)17-9)15-7-12(2,3)11(16)14-4/h5-6,8,15H,7H2,1-4H3,(H,14,16). The minimum absolute atomic E-state index is 0.0258. The number of rotatable bonds is 5. The zero-order valence-electron chi connectivity index (χ0n) is 10.6. The molecule has 1 aromatic heterocycles. The fourth-order valence-electron chi connectivity index (χ4n) is 1.49. The predicted octanol–water partition coefficient (Wildman–Crippen LogP) is 2.46. The van der Waals surface area contributed by atoms with Gasteiger partial charge in [-0.15, -0.1) is 0 Å². The molecule has 1 amide bonds. The smallest absolute Gasteiger partial charge is 0.226 e. The van der Waals surface area contributed by atoms with Gasteiger partial charge in [0, 0.05) is 13.6 Å². The van der Waals surface area contributed by atoms with Crippen LogP contribution in [-0.4, -0.2) is 19.5 Å². The molecule has 0 bridgehead atoms. The van der Waals surface area contributed by atoms with Gasteiger partial charge in [-0.2, -0.15) is 0 Å². The highest BCUT2D eigenvalue weighted by Crippen LogP contribution is 2.21. The van der Waals surface area contributed by atoms with Gasteiger partial charge < -0.3 is 15.1 Å². The molecule has 96 valence electrons. The Balaban J connectivity index is 2.53. The van der Waals surface area contributed by atoms with Gasteiger partial charge in [0.2, 0.25) is 5.91 Å². The molecule has 2 N–H and O–H groups in total. The molecule has 0 spiro atoms. The number of nitrogens with one attached hydrogen (secondary N) is 2. The quantitative estimate of drug-likeness (QED) is 0.878. The molecule has 0 aliphatic rings. The Morgan fingerprint density at radius 3 is 2.65 bits per heavy atom. The molecule has 0 fully saturated rings. The van der Waals surface area contributed by atoms with Crippen molar-refractivity contribution in [1.29, 1.82) is 0 Å². The number of hydrogen-bond acceptors (Lipinski definition) is 3. The van der Waals surface area contributed by atoms with Crippen LogP contribution < -0.4 is 10.6 Å². The summed E-state index contributed by atoms with van der Waals surface area (Å²) in [6.45, 7) is 6.41. The van der Waals surface area contributed by atoms with Crippen molar-refractivity contribution in [2.75, 3.05) is 13.6 Å². The van der Waals surface area contributed by atoms with Gasteiger partial charge in [-0.3, -0.25) is 4.79 Å². The van der Waals surface area contributed by atoms with Crippen LogP contribution >= 0.6 is 15.9 Å². The number of amides is 1. The lowest BCUT2D eigenvalue weighted by atomic mass is 9.92. The molecule has 1 unspecified atom stereocenters. The average molecular weight is 303 g/mol. The predicted molar refractivity (Wildman–Crippen MR) is 70.7 cm³/mol. The first kappa shape index (κ1) is 14.3. The maximum Gasteiger partial charge on any atom is 0.226 e. The molecule has 0 saturated heterocycles. The molecule has 1 rings (SSSR count). The van der Waals surface area contributed by atoms with Gasteiger partial charge in [0.25, 0.3) is 0 Å². The van der Waals surface area contributed by atoms with Crippen LogP contribution in [0.1, 0.15) is 32.6 Å². The van der Waals surface area contributed by atoms with Gasteiger partial charge in [0.1, 0.15) is 5.76 Å². The molecule has 0 aromatic carbocycles. The number of carbonyl (C=O) groups excluding carboxylic acids is 1. The first-order chi connectivity index (χ1) is 7.86. The highest BCUT2D eigenvalue weighted by molar-refractivity contribution is 9.10. The van der Waals surface area contributed by atoms with Crippen LogP contribution in [0.5, 0.6) is 0 Å². The number of halogens is 1. The molecule has 0 aliphatic heterocycles. The Morgan fingerprint density at radius 1 is 1.53 bits per heavy atom. The van der Waals surface area contributed by atoms with E-state index in [1.165, 1.54) is 0 Å². The summed E-state index contributed by atoms with van der Waals surface area (Å²) in [5.74, 6) is 0.877. The lowest BCUT2D eigenvalue weighted by Crippen LogP contribution is -2.42. The summed E-state index contributed by atoms with van der Waals surface area (Å²) in [6, 6.07) is 3.84. The minimum Gasteiger partial charge on any atom is -0.453 e. The van der Waals surface area contributed by atoms with Crippen LogP contribution in [0, 0.1) is 5.41 Å². The molecule has 0 saturated carbocycles. The Labute approximate surface area is 110 Å². The third-order valence-electron chi connectivity index (χ3n) is 2.71. The van der Waals surface area contributed by atoms with Crippen LogP contribution in [0.2, 0.25) is 0 Å². The Morgan fingerprint density at radius 2 is 2.18 bits per heavy atom. The Bertz CT molecular complexity index is 388. The van der Waals surface area contributed by atoms with E-state index in [4.69, 9.17) is 4.42 Å². The first-order valence-electron chi connectivity index (χ1n) is 5.57. The fourth-order valence-corrected chi connectivity index (χ4v) is 1.81. The van der Waals surface area contributed by atoms with Crippen LogP contribution in [-0.2, 0) is 4.79 Å². The van der Waals surface area contributed by atoms with Crippen LogP contribution in [0.25, 0.3) is 0 Å². The molecule has 5 heteroatoms. The lowest BCUT2D eigenvalue weighted by Gasteiger charge is -2.24. The Hall–Kier alpha value is -0.810. The topological polar surface area (TPSA) is 54.3 Å². The van der Waals surface area contributed by atoms with Gasteiger partial charge in [-0.25, -0.2) is 0 Å². The van der Waals surface area contributed by atoms with Crippen molar-refractivity contribution in [2.24, 2.45) is 5.41 Å². The molecule has 4 nitrogen and oxygen atoms in total. The molecule has 17 heavy (non-hydrogen) atoms. The largest absolute Gasteiger partial charge is 0.453 e. The van der Waals surface area contributed by atoms with Crippen molar-refractivity contribution in [3.63, 3.8) is 0 Å². The summed E-state index contributed by atoms with van der Waals surface area (Å²) in [6.07, 6.45) is 0. The van der Waals surface area contributed by atoms with Crippen molar-refractivity contribution in [3.8, 4) is 0 Å². The second-order valence-corrected chi connectivity index (χ2v) is 5.49. The van der Waals surface area contributed by atoms with Gasteiger partial charge in [0.15, 0.2) is 4.67 Å². The van der Waals surface area contributed by atoms with E-state index in [2.05, 4.69) is 26.6 Å². The molecule has 0 radical (unpaired) electrons. The minimum atomic E-state index is -0.438. The average Bonchev–Trinajstić information content (AvgIpc) is 2.71. The van der Waals surface area contributed by atoms with Gasteiger partial charge in [-0.05, 0) is 48.8 Å². The van der Waals surface area contributed by atoms with E-state index < -0.39 is 5.41 Å². The Kier molecular flexibility index (Phi) is 4.77. The van der Waals surface area contributed by atoms with Gasteiger partial charge >= 0.3 is 0 Å². The van der Waals surface area contributed by atoms with E-state index in [1.807, 2.05) is 32.9 Å². The third kappa shape index (κ3) is 3.85. The normalized spacial score (nSPS) is 13.5. The van der Waals surface area contributed by atoms with Crippen LogP contribution in [0.3, 0.4) is 0 Å². The highest BCUT2D eigenvalue weighted by atomic mass is 79.9. The van der Waals surface area contributed by atoms with Crippen LogP contribution in [0.4, 0.5) is 0 Å². The van der Waals surface area contributed by atoms with Crippen molar-refractivity contribution < 1.29 is 9.21 Å². The molecular formula is C12H19BrN2O2. The molecular weight excluding hydrogens is 284 g/mol. The van der Waals surface area contributed by atoms with Crippen molar-refractivity contribution in [3.05, 3.63) is 22.6 Å². The zero-order chi connectivity index (χ0) is 13.1. The van der Waals surface area contributed by atoms with E-state index in [0.29, 0.717) is 11.2 Å². The van der Waals surface area contributed by atoms with E-state index in [0.717, 1.165) is 5.76 Å². The number of furan rings is 1. The van der Waals surface area contributed by atoms with E-state index in [-0.39, 0.29) is 11.9 Å². The van der Waals surface area contributed by atoms with E-state index in [1.54, 1.807) is 7.05 Å². The summed E-state index contributed by atoms with van der Waals surface area (Å²) in [5, 5.41) is 5.96.